The summed E-state index contributed by atoms with van der Waals surface area (Å²) in [4.78, 5) is 43.2. The number of anilines is 1. The van der Waals surface area contributed by atoms with E-state index in [1.54, 1.807) is 43.1 Å². The lowest BCUT2D eigenvalue weighted by Gasteiger charge is -2.14. The number of thiazole rings is 1. The molecule has 0 radical (unpaired) electrons. The molecule has 7 nitrogen and oxygen atoms in total. The quantitative estimate of drug-likeness (QED) is 0.532. The maximum Gasteiger partial charge on any atom is 0.279 e. The van der Waals surface area contributed by atoms with Gasteiger partial charge >= 0.3 is 0 Å². The number of benzene rings is 2. The second-order valence-corrected chi connectivity index (χ2v) is 8.95. The summed E-state index contributed by atoms with van der Waals surface area (Å²) in [5.41, 5.74) is 1.73. The van der Waals surface area contributed by atoms with E-state index >= 15 is 0 Å². The molecule has 9 heteroatoms. The largest absolute Gasteiger partial charge is 0.497 e. The van der Waals surface area contributed by atoms with Crippen molar-refractivity contribution in [3.8, 4) is 5.75 Å². The molecule has 0 unspecified atom stereocenters. The number of methoxy groups -OCH3 is 1. The number of carbonyl (C=O) groups is 3. The van der Waals surface area contributed by atoms with Gasteiger partial charge in [-0.2, -0.15) is 16.8 Å². The molecule has 160 valence electrons. The minimum absolute atomic E-state index is 0.196. The minimum Gasteiger partial charge on any atom is -0.497 e. The highest BCUT2D eigenvalue weighted by atomic mass is 32.2. The van der Waals surface area contributed by atoms with E-state index < -0.39 is 5.91 Å². The number of amides is 3. The van der Waals surface area contributed by atoms with Crippen molar-refractivity contribution in [3.63, 3.8) is 0 Å². The third-order valence-electron chi connectivity index (χ3n) is 5.01. The van der Waals surface area contributed by atoms with Gasteiger partial charge in [-0.15, -0.1) is 0 Å². The number of fused-ring (bicyclic) bond motifs is 1. The summed E-state index contributed by atoms with van der Waals surface area (Å²) in [6.45, 7) is 0.719. The molecule has 0 saturated carbocycles. The van der Waals surface area contributed by atoms with E-state index in [-0.39, 0.29) is 24.7 Å². The van der Waals surface area contributed by atoms with E-state index in [0.717, 1.165) is 33.2 Å². The Bertz CT molecular complexity index is 1230. The van der Waals surface area contributed by atoms with E-state index in [1.807, 2.05) is 29.0 Å². The summed E-state index contributed by atoms with van der Waals surface area (Å²) in [5.74, 6) is 0.710. The second kappa shape index (κ2) is 9.07. The van der Waals surface area contributed by atoms with Crippen LogP contribution in [0, 0.1) is 0 Å². The normalized spacial score (nSPS) is 14.6. The van der Waals surface area contributed by atoms with Crippen LogP contribution in [-0.4, -0.2) is 41.4 Å². The molecular weight excluding hydrogens is 434 g/mol. The van der Waals surface area contributed by atoms with Crippen molar-refractivity contribution >= 4 is 56.7 Å². The van der Waals surface area contributed by atoms with Crippen LogP contribution >= 0.6 is 23.1 Å². The van der Waals surface area contributed by atoms with Crippen LogP contribution in [0.2, 0.25) is 0 Å². The highest BCUT2D eigenvalue weighted by Gasteiger charge is 2.30. The number of nitrogens with zero attached hydrogens (tertiary/aromatic N) is 3. The lowest BCUT2D eigenvalue weighted by Crippen LogP contribution is -2.28. The fraction of sp³-hybridized carbons (Fsp3) is 0.273. The number of hydrogen-bond acceptors (Lipinski definition) is 6. The number of aryl methyl sites for hydroxylation is 1. The van der Waals surface area contributed by atoms with Crippen molar-refractivity contribution in [1.82, 2.24) is 4.57 Å². The van der Waals surface area contributed by atoms with Crippen LogP contribution < -0.4 is 14.4 Å². The Kier molecular flexibility index (Phi) is 6.24. The topological polar surface area (TPSA) is 81.0 Å². The molecule has 0 bridgehead atoms. The van der Waals surface area contributed by atoms with E-state index in [0.29, 0.717) is 16.1 Å². The van der Waals surface area contributed by atoms with Crippen molar-refractivity contribution in [2.75, 3.05) is 24.0 Å². The van der Waals surface area contributed by atoms with Gasteiger partial charge in [0.1, 0.15) is 5.75 Å². The highest BCUT2D eigenvalue weighted by molar-refractivity contribution is 7.98. The Morgan fingerprint density at radius 3 is 2.65 bits per heavy atom. The van der Waals surface area contributed by atoms with E-state index in [4.69, 9.17) is 4.74 Å². The molecule has 0 spiro atoms. The molecule has 0 atom stereocenters. The van der Waals surface area contributed by atoms with Crippen LogP contribution in [0.1, 0.15) is 23.2 Å². The summed E-state index contributed by atoms with van der Waals surface area (Å²) in [6, 6.07) is 12.3. The second-order valence-electron chi connectivity index (χ2n) is 6.95. The number of imide groups is 1. The van der Waals surface area contributed by atoms with Gasteiger partial charge < -0.3 is 9.30 Å². The lowest BCUT2D eigenvalue weighted by atomic mass is 10.2. The molecule has 0 N–H and O–H groups in total. The van der Waals surface area contributed by atoms with Crippen LogP contribution in [0.5, 0.6) is 5.75 Å². The molecule has 2 heterocycles. The Balaban J connectivity index is 1.74. The monoisotopic (exact) mass is 455 g/mol. The molecule has 3 amide bonds. The van der Waals surface area contributed by atoms with Gasteiger partial charge in [0.25, 0.3) is 5.91 Å². The van der Waals surface area contributed by atoms with Crippen LogP contribution in [0.4, 0.5) is 5.69 Å². The zero-order valence-corrected chi connectivity index (χ0v) is 18.8. The van der Waals surface area contributed by atoms with Crippen LogP contribution in [0.25, 0.3) is 10.2 Å². The summed E-state index contributed by atoms with van der Waals surface area (Å²) in [5, 5.41) is 0. The number of rotatable bonds is 6. The van der Waals surface area contributed by atoms with Crippen LogP contribution in [0.3, 0.4) is 0 Å². The van der Waals surface area contributed by atoms with Gasteiger partial charge in [-0.05, 0) is 42.7 Å². The van der Waals surface area contributed by atoms with Crippen LogP contribution in [-0.2, 0) is 16.1 Å². The first-order valence-corrected chi connectivity index (χ1v) is 11.9. The third kappa shape index (κ3) is 4.28. The molecular formula is C22H21N3O4S2. The molecule has 1 aliphatic heterocycles. The number of thioether (sulfide) groups is 1. The van der Waals surface area contributed by atoms with E-state index in [9.17, 15) is 14.4 Å². The Labute approximate surface area is 187 Å². The van der Waals surface area contributed by atoms with Gasteiger partial charge in [-0.1, -0.05) is 17.4 Å². The van der Waals surface area contributed by atoms with Crippen molar-refractivity contribution in [1.29, 1.82) is 0 Å². The Morgan fingerprint density at radius 1 is 1.16 bits per heavy atom. The molecule has 1 aliphatic rings. The van der Waals surface area contributed by atoms with Crippen LogP contribution in [0.15, 0.2) is 47.5 Å². The molecule has 1 fully saturated rings. The fourth-order valence-electron chi connectivity index (χ4n) is 3.46. The lowest BCUT2D eigenvalue weighted by molar-refractivity contribution is -0.121. The summed E-state index contributed by atoms with van der Waals surface area (Å²) in [6.07, 6.45) is 2.43. The van der Waals surface area contributed by atoms with Gasteiger partial charge in [0.2, 0.25) is 11.8 Å². The van der Waals surface area contributed by atoms with Crippen molar-refractivity contribution in [3.05, 3.63) is 52.8 Å². The van der Waals surface area contributed by atoms with Crippen molar-refractivity contribution in [2.45, 2.75) is 19.4 Å². The number of hydrogen-bond donors (Lipinski definition) is 0. The summed E-state index contributed by atoms with van der Waals surface area (Å²) >= 11 is 3.14. The van der Waals surface area contributed by atoms with E-state index in [2.05, 4.69) is 4.99 Å². The summed E-state index contributed by atoms with van der Waals surface area (Å²) < 4.78 is 8.33. The average Bonchev–Trinajstić information content (AvgIpc) is 3.30. The fourth-order valence-corrected chi connectivity index (χ4v) is 4.91. The van der Waals surface area contributed by atoms with Gasteiger partial charge in [0.05, 0.1) is 23.0 Å². The van der Waals surface area contributed by atoms with Gasteiger partial charge in [-0.3, -0.25) is 19.3 Å². The zero-order chi connectivity index (χ0) is 22.0. The predicted octanol–water partition coefficient (Wildman–Crippen LogP) is 3.47. The molecule has 1 saturated heterocycles. The first-order valence-electron chi connectivity index (χ1n) is 9.73. The average molecular weight is 456 g/mol. The van der Waals surface area contributed by atoms with Gasteiger partial charge in [-0.25, -0.2) is 0 Å². The molecule has 2 aromatic carbocycles. The first-order chi connectivity index (χ1) is 15.0. The SMILES string of the molecule is COc1ccc2c(c1)sc(=NC(=O)c1cccc(N3C(=O)CCC3=O)c1)n2CCSC. The van der Waals surface area contributed by atoms with Crippen molar-refractivity contribution < 1.29 is 19.1 Å². The maximum absolute atomic E-state index is 13.0. The number of aromatic nitrogens is 1. The molecule has 4 rings (SSSR count). The Morgan fingerprint density at radius 2 is 1.94 bits per heavy atom. The molecule has 1 aromatic heterocycles. The highest BCUT2D eigenvalue weighted by Crippen LogP contribution is 2.25. The zero-order valence-electron chi connectivity index (χ0n) is 17.2. The molecule has 0 aliphatic carbocycles. The maximum atomic E-state index is 13.0. The molecule has 3 aromatic rings. The minimum atomic E-state index is -0.419. The number of carbonyl (C=O) groups excluding carboxylic acids is 3. The number of ether oxygens (including phenoxy) is 1. The Hall–Kier alpha value is -2.91. The predicted molar refractivity (Wildman–Crippen MR) is 123 cm³/mol. The molecule has 31 heavy (non-hydrogen) atoms. The standard InChI is InChI=1S/C22H21N3O4S2/c1-29-16-6-7-17-18(13-16)31-22(24(17)10-11-30-2)23-21(28)14-4-3-5-15(12-14)25-19(26)8-9-20(25)27/h3-7,12-13H,8-11H2,1-2H3. The van der Waals surface area contributed by atoms with Crippen molar-refractivity contribution in [2.24, 2.45) is 4.99 Å². The van der Waals surface area contributed by atoms with Gasteiger partial charge in [0, 0.05) is 30.7 Å². The summed E-state index contributed by atoms with van der Waals surface area (Å²) in [7, 11) is 1.62. The smallest absolute Gasteiger partial charge is 0.279 e. The van der Waals surface area contributed by atoms with Gasteiger partial charge in [0.15, 0.2) is 4.80 Å². The van der Waals surface area contributed by atoms with E-state index in [1.165, 1.54) is 11.3 Å². The first kappa shape index (κ1) is 21.3. The third-order valence-corrected chi connectivity index (χ3v) is 6.64.